The summed E-state index contributed by atoms with van der Waals surface area (Å²) in [5.41, 5.74) is 0. The van der Waals surface area contributed by atoms with E-state index in [0.717, 1.165) is 25.9 Å². The third-order valence-corrected chi connectivity index (χ3v) is 4.45. The quantitative estimate of drug-likeness (QED) is 0.576. The average molecular weight is 298 g/mol. The van der Waals surface area contributed by atoms with E-state index in [1.165, 1.54) is 6.42 Å². The fourth-order valence-corrected chi connectivity index (χ4v) is 2.90. The van der Waals surface area contributed by atoms with Gasteiger partial charge in [-0.25, -0.2) is 0 Å². The van der Waals surface area contributed by atoms with Crippen molar-refractivity contribution in [2.24, 2.45) is 17.8 Å². The van der Waals surface area contributed by atoms with Crippen LogP contribution in [0, 0.1) is 17.8 Å². The summed E-state index contributed by atoms with van der Waals surface area (Å²) in [6, 6.07) is 0. The summed E-state index contributed by atoms with van der Waals surface area (Å²) in [6.45, 7) is 7.00. The summed E-state index contributed by atoms with van der Waals surface area (Å²) >= 11 is 0. The van der Waals surface area contributed by atoms with E-state index in [2.05, 4.69) is 24.5 Å². The van der Waals surface area contributed by atoms with Gasteiger partial charge >= 0.3 is 5.97 Å². The van der Waals surface area contributed by atoms with Crippen molar-refractivity contribution < 1.29 is 14.7 Å². The topological polar surface area (TPSA) is 78.4 Å². The number of carbonyl (C=O) groups excluding carboxylic acids is 1. The summed E-state index contributed by atoms with van der Waals surface area (Å²) in [4.78, 5) is 22.4. The molecule has 1 aliphatic heterocycles. The van der Waals surface area contributed by atoms with Crippen molar-refractivity contribution in [3.63, 3.8) is 0 Å². The number of carboxylic acid groups (broad SMARTS) is 1. The molecule has 1 aliphatic rings. The maximum Gasteiger partial charge on any atom is 0.303 e. The second-order valence-electron chi connectivity index (χ2n) is 6.47. The Labute approximate surface area is 127 Å². The molecule has 2 unspecified atom stereocenters. The number of aliphatic carboxylic acids is 1. The van der Waals surface area contributed by atoms with Crippen LogP contribution in [-0.2, 0) is 9.59 Å². The molecule has 0 radical (unpaired) electrons. The highest BCUT2D eigenvalue weighted by Crippen LogP contribution is 2.20. The van der Waals surface area contributed by atoms with Crippen LogP contribution in [0.15, 0.2) is 0 Å². The first-order valence-electron chi connectivity index (χ1n) is 8.18. The Morgan fingerprint density at radius 1 is 1.29 bits per heavy atom. The molecular formula is C16H30N2O3. The van der Waals surface area contributed by atoms with Gasteiger partial charge in [-0.15, -0.1) is 0 Å². The van der Waals surface area contributed by atoms with Crippen LogP contribution in [0.2, 0.25) is 0 Å². The van der Waals surface area contributed by atoms with E-state index in [1.54, 1.807) is 0 Å². The number of hydrogen-bond donors (Lipinski definition) is 3. The van der Waals surface area contributed by atoms with Gasteiger partial charge in [-0.05, 0) is 56.5 Å². The third-order valence-electron chi connectivity index (χ3n) is 4.45. The van der Waals surface area contributed by atoms with Gasteiger partial charge in [0, 0.05) is 19.4 Å². The van der Waals surface area contributed by atoms with Gasteiger partial charge < -0.3 is 15.7 Å². The first-order chi connectivity index (χ1) is 9.99. The SMILES string of the molecule is CC(C)C(CCNC(=O)CCC1CCNC1)CCC(=O)O. The molecule has 0 aliphatic carbocycles. The van der Waals surface area contributed by atoms with Gasteiger partial charge in [0.05, 0.1) is 0 Å². The van der Waals surface area contributed by atoms with Gasteiger partial charge in [0.15, 0.2) is 0 Å². The van der Waals surface area contributed by atoms with Crippen LogP contribution in [0.1, 0.15) is 52.4 Å². The fraction of sp³-hybridized carbons (Fsp3) is 0.875. The molecule has 5 heteroatoms. The van der Waals surface area contributed by atoms with Crippen molar-refractivity contribution in [3.8, 4) is 0 Å². The molecular weight excluding hydrogens is 268 g/mol. The van der Waals surface area contributed by atoms with Crippen molar-refractivity contribution in [2.75, 3.05) is 19.6 Å². The van der Waals surface area contributed by atoms with Gasteiger partial charge in [-0.1, -0.05) is 13.8 Å². The molecule has 5 nitrogen and oxygen atoms in total. The number of rotatable bonds is 10. The van der Waals surface area contributed by atoms with E-state index < -0.39 is 5.97 Å². The molecule has 21 heavy (non-hydrogen) atoms. The summed E-state index contributed by atoms with van der Waals surface area (Å²) in [5.74, 6) is 0.846. The fourth-order valence-electron chi connectivity index (χ4n) is 2.90. The Hall–Kier alpha value is -1.10. The molecule has 1 heterocycles. The third kappa shape index (κ3) is 8.05. The molecule has 0 saturated carbocycles. The van der Waals surface area contributed by atoms with E-state index in [-0.39, 0.29) is 12.3 Å². The lowest BCUT2D eigenvalue weighted by atomic mass is 9.88. The van der Waals surface area contributed by atoms with E-state index >= 15 is 0 Å². The molecule has 1 fully saturated rings. The van der Waals surface area contributed by atoms with E-state index in [0.29, 0.717) is 37.1 Å². The molecule has 0 spiro atoms. The summed E-state index contributed by atoms with van der Waals surface area (Å²) < 4.78 is 0. The predicted octanol–water partition coefficient (Wildman–Crippen LogP) is 2.02. The first kappa shape index (κ1) is 18.0. The van der Waals surface area contributed by atoms with Gasteiger partial charge in [0.25, 0.3) is 0 Å². The Bertz CT molecular complexity index is 325. The van der Waals surface area contributed by atoms with E-state index in [4.69, 9.17) is 5.11 Å². The molecule has 1 amide bonds. The molecule has 0 bridgehead atoms. The van der Waals surface area contributed by atoms with E-state index in [1.807, 2.05) is 0 Å². The van der Waals surface area contributed by atoms with E-state index in [9.17, 15) is 9.59 Å². The van der Waals surface area contributed by atoms with Crippen LogP contribution >= 0.6 is 0 Å². The number of hydrogen-bond acceptors (Lipinski definition) is 3. The van der Waals surface area contributed by atoms with Crippen LogP contribution in [-0.4, -0.2) is 36.6 Å². The average Bonchev–Trinajstić information content (AvgIpc) is 2.92. The lowest BCUT2D eigenvalue weighted by Gasteiger charge is -2.20. The monoisotopic (exact) mass is 298 g/mol. The minimum absolute atomic E-state index is 0.127. The van der Waals surface area contributed by atoms with Crippen molar-refractivity contribution in [1.82, 2.24) is 10.6 Å². The van der Waals surface area contributed by atoms with Crippen LogP contribution in [0.4, 0.5) is 0 Å². The molecule has 3 N–H and O–H groups in total. The van der Waals surface area contributed by atoms with Gasteiger partial charge in [-0.3, -0.25) is 9.59 Å². The molecule has 1 saturated heterocycles. The summed E-state index contributed by atoms with van der Waals surface area (Å²) in [7, 11) is 0. The molecule has 0 aromatic carbocycles. The zero-order chi connectivity index (χ0) is 15.7. The van der Waals surface area contributed by atoms with Gasteiger partial charge in [0.1, 0.15) is 0 Å². The normalized spacial score (nSPS) is 19.7. The van der Waals surface area contributed by atoms with Crippen LogP contribution < -0.4 is 10.6 Å². The van der Waals surface area contributed by atoms with Gasteiger partial charge in [-0.2, -0.15) is 0 Å². The van der Waals surface area contributed by atoms with Crippen molar-refractivity contribution in [1.29, 1.82) is 0 Å². The molecule has 1 rings (SSSR count). The van der Waals surface area contributed by atoms with Crippen molar-refractivity contribution in [2.45, 2.75) is 52.4 Å². The van der Waals surface area contributed by atoms with Crippen molar-refractivity contribution in [3.05, 3.63) is 0 Å². The smallest absolute Gasteiger partial charge is 0.303 e. The highest BCUT2D eigenvalue weighted by atomic mass is 16.4. The minimum atomic E-state index is -0.741. The highest BCUT2D eigenvalue weighted by Gasteiger charge is 2.17. The Kier molecular flexibility index (Phi) is 8.35. The zero-order valence-electron chi connectivity index (χ0n) is 13.4. The molecule has 122 valence electrons. The predicted molar refractivity (Wildman–Crippen MR) is 83.0 cm³/mol. The maximum absolute atomic E-state index is 11.8. The van der Waals surface area contributed by atoms with Crippen molar-refractivity contribution >= 4 is 11.9 Å². The summed E-state index contributed by atoms with van der Waals surface area (Å²) in [6.07, 6.45) is 4.51. The largest absolute Gasteiger partial charge is 0.481 e. The second kappa shape index (κ2) is 9.77. The number of amides is 1. The Morgan fingerprint density at radius 2 is 2.05 bits per heavy atom. The Balaban J connectivity index is 2.13. The van der Waals surface area contributed by atoms with Crippen LogP contribution in [0.5, 0.6) is 0 Å². The highest BCUT2D eigenvalue weighted by molar-refractivity contribution is 5.75. The van der Waals surface area contributed by atoms with Crippen LogP contribution in [0.3, 0.4) is 0 Å². The minimum Gasteiger partial charge on any atom is -0.481 e. The second-order valence-corrected chi connectivity index (χ2v) is 6.47. The lowest BCUT2D eigenvalue weighted by Crippen LogP contribution is -2.27. The number of carboxylic acids is 1. The number of carbonyl (C=O) groups is 2. The maximum atomic E-state index is 11.8. The summed E-state index contributed by atoms with van der Waals surface area (Å²) in [5, 5.41) is 15.0. The first-order valence-corrected chi connectivity index (χ1v) is 8.18. The molecule has 0 aromatic rings. The zero-order valence-corrected chi connectivity index (χ0v) is 13.4. The number of nitrogens with one attached hydrogen (secondary N) is 2. The Morgan fingerprint density at radius 3 is 2.62 bits per heavy atom. The standard InChI is InChI=1S/C16H30N2O3/c1-12(2)14(4-6-16(20)21)8-10-18-15(19)5-3-13-7-9-17-11-13/h12-14,17H,3-11H2,1-2H3,(H,18,19)(H,20,21). The van der Waals surface area contributed by atoms with Gasteiger partial charge in [0.2, 0.25) is 5.91 Å². The lowest BCUT2D eigenvalue weighted by molar-refractivity contribution is -0.137. The molecule has 0 aromatic heterocycles. The van der Waals surface area contributed by atoms with Crippen LogP contribution in [0.25, 0.3) is 0 Å². The molecule has 2 atom stereocenters.